The largest absolute Gasteiger partial charge is 0.326 e. The van der Waals surface area contributed by atoms with Crippen LogP contribution in [0.3, 0.4) is 0 Å². The van der Waals surface area contributed by atoms with Gasteiger partial charge in [0, 0.05) is 36.8 Å². The van der Waals surface area contributed by atoms with Gasteiger partial charge in [0.05, 0.1) is 0 Å². The van der Waals surface area contributed by atoms with Gasteiger partial charge in [-0.25, -0.2) is 17.2 Å². The third-order valence-corrected chi connectivity index (χ3v) is 7.28. The molecule has 0 aliphatic carbocycles. The average molecular weight is 480 g/mol. The lowest BCUT2D eigenvalue weighted by Crippen LogP contribution is -2.41. The fraction of sp³-hybridized carbons (Fsp3) is 0.391. The first-order chi connectivity index (χ1) is 15.6. The van der Waals surface area contributed by atoms with Crippen molar-refractivity contribution in [3.63, 3.8) is 0 Å². The van der Waals surface area contributed by atoms with E-state index in [1.807, 2.05) is 13.8 Å². The van der Waals surface area contributed by atoms with Crippen LogP contribution in [-0.4, -0.2) is 37.6 Å². The van der Waals surface area contributed by atoms with E-state index in [-0.39, 0.29) is 43.7 Å². The Morgan fingerprint density at radius 1 is 1.00 bits per heavy atom. The molecule has 2 amide bonds. The highest BCUT2D eigenvalue weighted by Gasteiger charge is 2.33. The van der Waals surface area contributed by atoms with Crippen LogP contribution in [0, 0.1) is 23.5 Å². The standard InChI is InChI=1S/C23H27F2N3O4S/c1-15(2)13-22(29)26-18-4-6-19(7-5-18)27-23(30)16-9-11-28(12-10-16)33(31,32)21-14-17(24)3-8-20(21)25/h3-8,14-16H,9-13H2,1-2H3,(H,26,29)(H,27,30). The van der Waals surface area contributed by atoms with Crippen LogP contribution in [-0.2, 0) is 19.6 Å². The molecule has 0 atom stereocenters. The topological polar surface area (TPSA) is 95.6 Å². The van der Waals surface area contributed by atoms with Gasteiger partial charge in [-0.15, -0.1) is 0 Å². The molecule has 2 aromatic rings. The first kappa shape index (κ1) is 24.8. The summed E-state index contributed by atoms with van der Waals surface area (Å²) in [4.78, 5) is 23.8. The summed E-state index contributed by atoms with van der Waals surface area (Å²) < 4.78 is 53.8. The molecule has 1 heterocycles. The van der Waals surface area contributed by atoms with Gasteiger partial charge in [-0.05, 0) is 61.2 Å². The lowest BCUT2D eigenvalue weighted by Gasteiger charge is -2.30. The number of rotatable bonds is 7. The van der Waals surface area contributed by atoms with Crippen molar-refractivity contribution in [1.29, 1.82) is 0 Å². The zero-order valence-corrected chi connectivity index (χ0v) is 19.3. The summed E-state index contributed by atoms with van der Waals surface area (Å²) in [5.74, 6) is -2.35. The molecule has 0 radical (unpaired) electrons. The maximum absolute atomic E-state index is 14.0. The normalized spacial score (nSPS) is 15.4. The number of hydrogen-bond acceptors (Lipinski definition) is 4. The van der Waals surface area contributed by atoms with Crippen LogP contribution < -0.4 is 10.6 Å². The van der Waals surface area contributed by atoms with E-state index in [1.54, 1.807) is 24.3 Å². The molecule has 2 N–H and O–H groups in total. The molecule has 0 spiro atoms. The molecule has 1 aliphatic heterocycles. The molecule has 0 aromatic heterocycles. The highest BCUT2D eigenvalue weighted by molar-refractivity contribution is 7.89. The van der Waals surface area contributed by atoms with Gasteiger partial charge >= 0.3 is 0 Å². The Kier molecular flexibility index (Phi) is 7.80. The summed E-state index contributed by atoms with van der Waals surface area (Å²) in [5.41, 5.74) is 1.18. The number of sulfonamides is 1. The van der Waals surface area contributed by atoms with E-state index in [4.69, 9.17) is 0 Å². The van der Waals surface area contributed by atoms with E-state index in [0.717, 1.165) is 16.4 Å². The molecule has 0 bridgehead atoms. The van der Waals surface area contributed by atoms with Crippen LogP contribution in [0.15, 0.2) is 47.4 Å². The van der Waals surface area contributed by atoms with Crippen LogP contribution in [0.5, 0.6) is 0 Å². The summed E-state index contributed by atoms with van der Waals surface area (Å²) in [6.45, 7) is 3.96. The Bertz CT molecular complexity index is 1110. The second kappa shape index (κ2) is 10.4. The van der Waals surface area contributed by atoms with Crippen LogP contribution in [0.2, 0.25) is 0 Å². The molecule has 2 aromatic carbocycles. The number of benzene rings is 2. The van der Waals surface area contributed by atoms with Crippen LogP contribution in [0.1, 0.15) is 33.1 Å². The van der Waals surface area contributed by atoms with Crippen molar-refractivity contribution in [2.45, 2.75) is 38.0 Å². The molecule has 1 saturated heterocycles. The van der Waals surface area contributed by atoms with E-state index >= 15 is 0 Å². The number of nitrogens with one attached hydrogen (secondary N) is 2. The molecule has 1 fully saturated rings. The minimum absolute atomic E-state index is 0.0250. The average Bonchev–Trinajstić information content (AvgIpc) is 2.76. The minimum Gasteiger partial charge on any atom is -0.326 e. The van der Waals surface area contributed by atoms with E-state index in [1.165, 1.54) is 0 Å². The van der Waals surface area contributed by atoms with Gasteiger partial charge in [-0.3, -0.25) is 9.59 Å². The molecule has 10 heteroatoms. The van der Waals surface area contributed by atoms with E-state index in [2.05, 4.69) is 10.6 Å². The Labute approximate surface area is 192 Å². The number of carbonyl (C=O) groups is 2. The van der Waals surface area contributed by atoms with Crippen LogP contribution in [0.25, 0.3) is 0 Å². The number of halogens is 2. The van der Waals surface area contributed by atoms with Crippen molar-refractivity contribution in [1.82, 2.24) is 4.31 Å². The predicted octanol–water partition coefficient (Wildman–Crippen LogP) is 3.99. The first-order valence-electron chi connectivity index (χ1n) is 10.7. The van der Waals surface area contributed by atoms with Crippen LogP contribution >= 0.6 is 0 Å². The maximum Gasteiger partial charge on any atom is 0.246 e. The minimum atomic E-state index is -4.19. The SMILES string of the molecule is CC(C)CC(=O)Nc1ccc(NC(=O)C2CCN(S(=O)(=O)c3cc(F)ccc3F)CC2)cc1. The van der Waals surface area contributed by atoms with Crippen LogP contribution in [0.4, 0.5) is 20.2 Å². The quantitative estimate of drug-likeness (QED) is 0.628. The van der Waals surface area contributed by atoms with Gasteiger partial charge in [0.15, 0.2) is 0 Å². The van der Waals surface area contributed by atoms with E-state index in [0.29, 0.717) is 23.9 Å². The summed E-state index contributed by atoms with van der Waals surface area (Å²) in [7, 11) is -4.19. The summed E-state index contributed by atoms with van der Waals surface area (Å²) >= 11 is 0. The lowest BCUT2D eigenvalue weighted by atomic mass is 9.97. The number of carbonyl (C=O) groups excluding carboxylic acids is 2. The van der Waals surface area contributed by atoms with Crippen molar-refractivity contribution < 1.29 is 26.8 Å². The first-order valence-corrected chi connectivity index (χ1v) is 12.2. The molecule has 178 valence electrons. The molecule has 1 aliphatic rings. The lowest BCUT2D eigenvalue weighted by molar-refractivity contribution is -0.121. The van der Waals surface area contributed by atoms with Crippen molar-refractivity contribution in [3.8, 4) is 0 Å². The molecule has 7 nitrogen and oxygen atoms in total. The summed E-state index contributed by atoms with van der Waals surface area (Å²) in [5, 5.41) is 5.59. The Balaban J connectivity index is 1.55. The summed E-state index contributed by atoms with van der Waals surface area (Å²) in [6.07, 6.45) is 0.926. The third kappa shape index (κ3) is 6.35. The van der Waals surface area contributed by atoms with Gasteiger partial charge in [0.1, 0.15) is 16.5 Å². The monoisotopic (exact) mass is 479 g/mol. The van der Waals surface area contributed by atoms with Gasteiger partial charge in [0.25, 0.3) is 0 Å². The number of hydrogen-bond donors (Lipinski definition) is 2. The Morgan fingerprint density at radius 2 is 1.58 bits per heavy atom. The third-order valence-electron chi connectivity index (χ3n) is 5.37. The molecule has 0 saturated carbocycles. The molecule has 0 unspecified atom stereocenters. The van der Waals surface area contributed by atoms with E-state index in [9.17, 15) is 26.8 Å². The maximum atomic E-state index is 14.0. The highest BCUT2D eigenvalue weighted by Crippen LogP contribution is 2.27. The Morgan fingerprint density at radius 3 is 2.15 bits per heavy atom. The fourth-order valence-electron chi connectivity index (χ4n) is 3.64. The van der Waals surface area contributed by atoms with Crippen molar-refractivity contribution >= 4 is 33.2 Å². The van der Waals surface area contributed by atoms with Gasteiger partial charge in [0.2, 0.25) is 21.8 Å². The fourth-order valence-corrected chi connectivity index (χ4v) is 5.18. The van der Waals surface area contributed by atoms with Gasteiger partial charge in [-0.1, -0.05) is 13.8 Å². The molecular formula is C23H27F2N3O4S. The van der Waals surface area contributed by atoms with Crippen molar-refractivity contribution in [2.24, 2.45) is 11.8 Å². The zero-order valence-electron chi connectivity index (χ0n) is 18.5. The number of anilines is 2. The van der Waals surface area contributed by atoms with Gasteiger partial charge in [-0.2, -0.15) is 4.31 Å². The summed E-state index contributed by atoms with van der Waals surface area (Å²) in [6, 6.07) is 9.04. The number of piperidine rings is 1. The van der Waals surface area contributed by atoms with E-state index < -0.39 is 32.5 Å². The number of nitrogens with zero attached hydrogens (tertiary/aromatic N) is 1. The second-order valence-electron chi connectivity index (χ2n) is 8.47. The van der Waals surface area contributed by atoms with Crippen molar-refractivity contribution in [3.05, 3.63) is 54.1 Å². The molecule has 3 rings (SSSR count). The predicted molar refractivity (Wildman–Crippen MR) is 121 cm³/mol. The zero-order chi connectivity index (χ0) is 24.2. The van der Waals surface area contributed by atoms with Crippen molar-refractivity contribution in [2.75, 3.05) is 23.7 Å². The molecule has 33 heavy (non-hydrogen) atoms. The second-order valence-corrected chi connectivity index (χ2v) is 10.4. The molecular weight excluding hydrogens is 452 g/mol. The highest BCUT2D eigenvalue weighted by atomic mass is 32.2. The smallest absolute Gasteiger partial charge is 0.246 e. The Hall–Kier alpha value is -2.85. The number of amides is 2. The van der Waals surface area contributed by atoms with Gasteiger partial charge < -0.3 is 10.6 Å².